The zero-order valence-electron chi connectivity index (χ0n) is 16.5. The minimum atomic E-state index is -0.115. The average molecular weight is 381 g/mol. The molecule has 28 heavy (non-hydrogen) atoms. The molecule has 1 fully saturated rings. The lowest BCUT2D eigenvalue weighted by molar-refractivity contribution is -0.132. The zero-order valence-corrected chi connectivity index (χ0v) is 16.5. The van der Waals surface area contributed by atoms with Crippen LogP contribution < -0.4 is 10.1 Å². The summed E-state index contributed by atoms with van der Waals surface area (Å²) < 4.78 is 5.15. The van der Waals surface area contributed by atoms with E-state index >= 15 is 0 Å². The van der Waals surface area contributed by atoms with Crippen LogP contribution in [0.25, 0.3) is 0 Å². The lowest BCUT2D eigenvalue weighted by Crippen LogP contribution is -2.51. The third kappa shape index (κ3) is 5.25. The second kappa shape index (κ2) is 9.26. The molecule has 148 valence electrons. The van der Waals surface area contributed by atoms with Crippen molar-refractivity contribution in [2.75, 3.05) is 38.6 Å². The van der Waals surface area contributed by atoms with Crippen LogP contribution in [0.1, 0.15) is 17.5 Å². The van der Waals surface area contributed by atoms with Crippen molar-refractivity contribution in [3.05, 3.63) is 59.7 Å². The van der Waals surface area contributed by atoms with Crippen LogP contribution in [0.15, 0.2) is 48.5 Å². The fourth-order valence-corrected chi connectivity index (χ4v) is 3.29. The Morgan fingerprint density at radius 3 is 2.32 bits per heavy atom. The van der Waals surface area contributed by atoms with Gasteiger partial charge in [0.2, 0.25) is 5.91 Å². The van der Waals surface area contributed by atoms with E-state index in [-0.39, 0.29) is 11.9 Å². The summed E-state index contributed by atoms with van der Waals surface area (Å²) >= 11 is 0. The van der Waals surface area contributed by atoms with Gasteiger partial charge in [-0.25, -0.2) is 4.79 Å². The van der Waals surface area contributed by atoms with Crippen molar-refractivity contribution in [3.8, 4) is 5.75 Å². The predicted octanol–water partition coefficient (Wildman–Crippen LogP) is 3.31. The molecule has 2 aromatic rings. The number of benzene rings is 2. The smallest absolute Gasteiger partial charge is 0.321 e. The summed E-state index contributed by atoms with van der Waals surface area (Å²) in [6.45, 7) is 4.23. The van der Waals surface area contributed by atoms with Crippen molar-refractivity contribution in [1.82, 2.24) is 9.80 Å². The van der Waals surface area contributed by atoms with Gasteiger partial charge < -0.3 is 19.9 Å². The number of hydrogen-bond donors (Lipinski definition) is 1. The number of methoxy groups -OCH3 is 1. The van der Waals surface area contributed by atoms with Gasteiger partial charge >= 0.3 is 6.03 Å². The molecule has 2 aromatic carbocycles. The van der Waals surface area contributed by atoms with Crippen LogP contribution in [0.5, 0.6) is 5.75 Å². The van der Waals surface area contributed by atoms with Gasteiger partial charge in [0.1, 0.15) is 5.75 Å². The Bertz CT molecular complexity index is 812. The average Bonchev–Trinajstić information content (AvgIpc) is 2.72. The van der Waals surface area contributed by atoms with Gasteiger partial charge in [-0.2, -0.15) is 0 Å². The number of carbonyl (C=O) groups is 2. The van der Waals surface area contributed by atoms with Gasteiger partial charge in [-0.05, 0) is 48.7 Å². The van der Waals surface area contributed by atoms with Crippen LogP contribution in [0, 0.1) is 6.92 Å². The van der Waals surface area contributed by atoms with Crippen LogP contribution >= 0.6 is 0 Å². The van der Waals surface area contributed by atoms with Gasteiger partial charge in [0.25, 0.3) is 0 Å². The molecule has 0 bridgehead atoms. The Morgan fingerprint density at radius 1 is 1.00 bits per heavy atom. The van der Waals surface area contributed by atoms with Gasteiger partial charge in [0, 0.05) is 38.3 Å². The van der Waals surface area contributed by atoms with E-state index < -0.39 is 0 Å². The molecule has 0 radical (unpaired) electrons. The number of urea groups is 1. The zero-order chi connectivity index (χ0) is 19.9. The third-order valence-electron chi connectivity index (χ3n) is 4.98. The maximum Gasteiger partial charge on any atom is 0.321 e. The number of nitrogens with one attached hydrogen (secondary N) is 1. The maximum absolute atomic E-state index is 12.5. The van der Waals surface area contributed by atoms with E-state index in [4.69, 9.17) is 4.74 Å². The monoisotopic (exact) mass is 381 g/mol. The normalized spacial score (nSPS) is 13.9. The molecule has 3 rings (SSSR count). The van der Waals surface area contributed by atoms with Crippen molar-refractivity contribution >= 4 is 17.6 Å². The van der Waals surface area contributed by atoms with Gasteiger partial charge in [-0.3, -0.25) is 4.79 Å². The number of amides is 3. The number of aryl methyl sites for hydroxylation is 2. The molecule has 0 aliphatic carbocycles. The van der Waals surface area contributed by atoms with Crippen LogP contribution in [0.4, 0.5) is 10.5 Å². The molecule has 1 aliphatic heterocycles. The molecular formula is C22H27N3O3. The molecule has 6 nitrogen and oxygen atoms in total. The highest BCUT2D eigenvalue weighted by atomic mass is 16.5. The fraction of sp³-hybridized carbons (Fsp3) is 0.364. The minimum Gasteiger partial charge on any atom is -0.497 e. The van der Waals surface area contributed by atoms with Gasteiger partial charge in [0.05, 0.1) is 7.11 Å². The van der Waals surface area contributed by atoms with E-state index in [1.807, 2.05) is 60.4 Å². The first kappa shape index (κ1) is 19.7. The number of carbonyl (C=O) groups excluding carboxylic acids is 2. The van der Waals surface area contributed by atoms with Crippen LogP contribution in [0.2, 0.25) is 0 Å². The van der Waals surface area contributed by atoms with Gasteiger partial charge in [-0.1, -0.05) is 24.3 Å². The first-order chi connectivity index (χ1) is 13.5. The molecule has 0 atom stereocenters. The van der Waals surface area contributed by atoms with E-state index in [0.29, 0.717) is 39.0 Å². The molecule has 0 spiro atoms. The molecule has 0 saturated carbocycles. The Balaban J connectivity index is 1.43. The summed E-state index contributed by atoms with van der Waals surface area (Å²) in [5, 5.41) is 2.93. The van der Waals surface area contributed by atoms with Crippen LogP contribution in [-0.4, -0.2) is 55.0 Å². The Hall–Kier alpha value is -3.02. The number of nitrogens with zero attached hydrogens (tertiary/aromatic N) is 2. The number of rotatable bonds is 5. The molecule has 1 saturated heterocycles. The number of piperazine rings is 1. The summed E-state index contributed by atoms with van der Waals surface area (Å²) in [6, 6.07) is 15.4. The highest BCUT2D eigenvalue weighted by molar-refractivity contribution is 5.89. The molecule has 1 aliphatic rings. The molecule has 1 N–H and O–H groups in total. The molecular weight excluding hydrogens is 354 g/mol. The Kier molecular flexibility index (Phi) is 6.53. The van der Waals surface area contributed by atoms with Crippen molar-refractivity contribution < 1.29 is 14.3 Å². The Morgan fingerprint density at radius 2 is 1.68 bits per heavy atom. The van der Waals surface area contributed by atoms with Crippen molar-refractivity contribution in [3.63, 3.8) is 0 Å². The molecule has 0 unspecified atom stereocenters. The first-order valence-corrected chi connectivity index (χ1v) is 9.58. The summed E-state index contributed by atoms with van der Waals surface area (Å²) in [5.41, 5.74) is 3.01. The second-order valence-electron chi connectivity index (χ2n) is 7.02. The van der Waals surface area contributed by atoms with Crippen LogP contribution in [-0.2, 0) is 11.2 Å². The largest absolute Gasteiger partial charge is 0.497 e. The van der Waals surface area contributed by atoms with Crippen molar-refractivity contribution in [2.24, 2.45) is 0 Å². The van der Waals surface area contributed by atoms with Crippen molar-refractivity contribution in [1.29, 1.82) is 0 Å². The standard InChI is InChI=1S/C22H27N3O3/c1-17-4-3-5-19(16-17)23-22(27)25-14-12-24(13-15-25)21(26)11-8-18-6-9-20(28-2)10-7-18/h3-7,9-10,16H,8,11-15H2,1-2H3,(H,23,27). The molecule has 0 aromatic heterocycles. The quantitative estimate of drug-likeness (QED) is 0.864. The lowest BCUT2D eigenvalue weighted by Gasteiger charge is -2.34. The molecule has 1 heterocycles. The van der Waals surface area contributed by atoms with Gasteiger partial charge in [-0.15, -0.1) is 0 Å². The topological polar surface area (TPSA) is 61.9 Å². The second-order valence-corrected chi connectivity index (χ2v) is 7.02. The van der Waals surface area contributed by atoms with E-state index in [2.05, 4.69) is 5.32 Å². The van der Waals surface area contributed by atoms with E-state index in [0.717, 1.165) is 22.6 Å². The van der Waals surface area contributed by atoms with Gasteiger partial charge in [0.15, 0.2) is 0 Å². The highest BCUT2D eigenvalue weighted by Gasteiger charge is 2.24. The maximum atomic E-state index is 12.5. The number of hydrogen-bond acceptors (Lipinski definition) is 3. The van der Waals surface area contributed by atoms with Crippen LogP contribution in [0.3, 0.4) is 0 Å². The fourth-order valence-electron chi connectivity index (χ4n) is 3.29. The molecule has 6 heteroatoms. The number of ether oxygens (including phenoxy) is 1. The molecule has 3 amide bonds. The lowest BCUT2D eigenvalue weighted by atomic mass is 10.1. The Labute approximate surface area is 166 Å². The summed E-state index contributed by atoms with van der Waals surface area (Å²) in [6.07, 6.45) is 1.18. The summed E-state index contributed by atoms with van der Waals surface area (Å²) in [5.74, 6) is 0.949. The van der Waals surface area contributed by atoms with E-state index in [1.165, 1.54) is 0 Å². The third-order valence-corrected chi connectivity index (χ3v) is 4.98. The first-order valence-electron chi connectivity index (χ1n) is 9.58. The highest BCUT2D eigenvalue weighted by Crippen LogP contribution is 2.14. The predicted molar refractivity (Wildman–Crippen MR) is 110 cm³/mol. The summed E-state index contributed by atoms with van der Waals surface area (Å²) in [7, 11) is 1.64. The number of anilines is 1. The minimum absolute atomic E-state index is 0.115. The SMILES string of the molecule is COc1ccc(CCC(=O)N2CCN(C(=O)Nc3cccc(C)c3)CC2)cc1. The van der Waals surface area contributed by atoms with Crippen molar-refractivity contribution in [2.45, 2.75) is 19.8 Å². The van der Waals surface area contributed by atoms with E-state index in [1.54, 1.807) is 12.0 Å². The summed E-state index contributed by atoms with van der Waals surface area (Å²) in [4.78, 5) is 28.5. The van der Waals surface area contributed by atoms with E-state index in [9.17, 15) is 9.59 Å².